The Balaban J connectivity index is 1.43. The van der Waals surface area contributed by atoms with E-state index in [-0.39, 0.29) is 12.5 Å². The van der Waals surface area contributed by atoms with Crippen molar-refractivity contribution in [3.8, 4) is 11.8 Å². The highest BCUT2D eigenvalue weighted by Crippen LogP contribution is 2.19. The fraction of sp³-hybridized carbons (Fsp3) is 0.238. The first kappa shape index (κ1) is 19.3. The van der Waals surface area contributed by atoms with Gasteiger partial charge in [-0.3, -0.25) is 15.6 Å². The Morgan fingerprint density at radius 1 is 1.11 bits per heavy atom. The SMILES string of the molecule is C=C(NNC(=O)COc1ccc(C#N)cc1)c1ccc(N2CCOCC2)cc1. The topological polar surface area (TPSA) is 86.6 Å². The first-order valence-electron chi connectivity index (χ1n) is 8.95. The van der Waals surface area contributed by atoms with E-state index in [0.717, 1.165) is 37.6 Å². The lowest BCUT2D eigenvalue weighted by atomic mass is 10.1. The van der Waals surface area contributed by atoms with E-state index in [1.807, 2.05) is 30.3 Å². The van der Waals surface area contributed by atoms with E-state index in [1.54, 1.807) is 24.3 Å². The molecule has 1 aliphatic heterocycles. The molecular weight excluding hydrogens is 356 g/mol. The standard InChI is InChI=1S/C21H22N4O3/c1-16(18-4-6-19(7-5-18)25-10-12-27-13-11-25)23-24-21(26)15-28-20-8-2-17(14-22)3-9-20/h2-9,23H,1,10-13,15H2,(H,24,26). The van der Waals surface area contributed by atoms with Crippen LogP contribution in [-0.4, -0.2) is 38.8 Å². The third-order valence-electron chi connectivity index (χ3n) is 4.30. The van der Waals surface area contributed by atoms with Gasteiger partial charge in [-0.15, -0.1) is 0 Å². The number of morpholine rings is 1. The molecule has 1 fully saturated rings. The summed E-state index contributed by atoms with van der Waals surface area (Å²) >= 11 is 0. The van der Waals surface area contributed by atoms with Crippen LogP contribution in [0.25, 0.3) is 5.70 Å². The average molecular weight is 378 g/mol. The molecule has 1 aliphatic rings. The Labute approximate surface area is 164 Å². The summed E-state index contributed by atoms with van der Waals surface area (Å²) in [4.78, 5) is 14.2. The van der Waals surface area contributed by atoms with Crippen LogP contribution in [0.4, 0.5) is 5.69 Å². The first-order chi connectivity index (χ1) is 13.7. The number of nitrogens with zero attached hydrogens (tertiary/aromatic N) is 2. The fourth-order valence-corrected chi connectivity index (χ4v) is 2.72. The number of benzene rings is 2. The van der Waals surface area contributed by atoms with E-state index in [0.29, 0.717) is 17.0 Å². The molecule has 28 heavy (non-hydrogen) atoms. The van der Waals surface area contributed by atoms with Gasteiger partial charge in [0, 0.05) is 18.8 Å². The number of rotatable bonds is 7. The molecule has 3 rings (SSSR count). The van der Waals surface area contributed by atoms with Gasteiger partial charge >= 0.3 is 0 Å². The lowest BCUT2D eigenvalue weighted by molar-refractivity contribution is -0.123. The van der Waals surface area contributed by atoms with Gasteiger partial charge in [-0.2, -0.15) is 5.26 Å². The second-order valence-electron chi connectivity index (χ2n) is 6.22. The molecule has 0 radical (unpaired) electrons. The van der Waals surface area contributed by atoms with Gasteiger partial charge < -0.3 is 14.4 Å². The quantitative estimate of drug-likeness (QED) is 0.718. The third-order valence-corrected chi connectivity index (χ3v) is 4.30. The lowest BCUT2D eigenvalue weighted by Gasteiger charge is -2.29. The molecule has 0 spiro atoms. The molecule has 0 unspecified atom stereocenters. The highest BCUT2D eigenvalue weighted by atomic mass is 16.5. The van der Waals surface area contributed by atoms with Crippen molar-refractivity contribution in [1.29, 1.82) is 5.26 Å². The molecule has 0 aliphatic carbocycles. The second-order valence-corrected chi connectivity index (χ2v) is 6.22. The molecule has 2 aromatic rings. The van der Waals surface area contributed by atoms with E-state index in [1.165, 1.54) is 0 Å². The Hall–Kier alpha value is -3.50. The van der Waals surface area contributed by atoms with Gasteiger partial charge in [0.25, 0.3) is 5.91 Å². The number of hydrazine groups is 1. The van der Waals surface area contributed by atoms with Crippen LogP contribution in [0.15, 0.2) is 55.1 Å². The van der Waals surface area contributed by atoms with Crippen molar-refractivity contribution in [2.45, 2.75) is 0 Å². The van der Waals surface area contributed by atoms with Crippen LogP contribution in [-0.2, 0) is 9.53 Å². The van der Waals surface area contributed by atoms with Crippen molar-refractivity contribution >= 4 is 17.3 Å². The minimum Gasteiger partial charge on any atom is -0.484 e. The van der Waals surface area contributed by atoms with Gasteiger partial charge in [-0.1, -0.05) is 18.7 Å². The summed E-state index contributed by atoms with van der Waals surface area (Å²) in [6, 6.07) is 16.6. The van der Waals surface area contributed by atoms with Gasteiger partial charge in [-0.25, -0.2) is 0 Å². The lowest BCUT2D eigenvalue weighted by Crippen LogP contribution is -2.39. The summed E-state index contributed by atoms with van der Waals surface area (Å²) in [6.07, 6.45) is 0. The molecule has 0 bridgehead atoms. The summed E-state index contributed by atoms with van der Waals surface area (Å²) in [5.74, 6) is 0.183. The molecule has 1 amide bonds. The maximum Gasteiger partial charge on any atom is 0.276 e. The molecule has 0 saturated carbocycles. The average Bonchev–Trinajstić information content (AvgIpc) is 2.77. The van der Waals surface area contributed by atoms with Crippen LogP contribution < -0.4 is 20.5 Å². The van der Waals surface area contributed by atoms with E-state index in [9.17, 15) is 4.79 Å². The van der Waals surface area contributed by atoms with Crippen LogP contribution in [0.5, 0.6) is 5.75 Å². The van der Waals surface area contributed by atoms with Crippen molar-refractivity contribution in [3.05, 3.63) is 66.2 Å². The molecule has 7 nitrogen and oxygen atoms in total. The highest BCUT2D eigenvalue weighted by Gasteiger charge is 2.11. The fourth-order valence-electron chi connectivity index (χ4n) is 2.72. The first-order valence-corrected chi connectivity index (χ1v) is 8.95. The van der Waals surface area contributed by atoms with E-state index in [2.05, 4.69) is 22.3 Å². The van der Waals surface area contributed by atoms with Gasteiger partial charge in [0.2, 0.25) is 0 Å². The number of amides is 1. The zero-order valence-electron chi connectivity index (χ0n) is 15.5. The van der Waals surface area contributed by atoms with Crippen molar-refractivity contribution in [2.75, 3.05) is 37.8 Å². The number of hydrogen-bond donors (Lipinski definition) is 2. The predicted molar refractivity (Wildman–Crippen MR) is 106 cm³/mol. The summed E-state index contributed by atoms with van der Waals surface area (Å²) in [6.45, 7) is 7.05. The second kappa shape index (κ2) is 9.44. The zero-order valence-corrected chi connectivity index (χ0v) is 15.5. The summed E-state index contributed by atoms with van der Waals surface area (Å²) in [7, 11) is 0. The Kier molecular flexibility index (Phi) is 6.50. The Morgan fingerprint density at radius 3 is 2.43 bits per heavy atom. The van der Waals surface area contributed by atoms with Crippen molar-refractivity contribution < 1.29 is 14.3 Å². The van der Waals surface area contributed by atoms with Crippen LogP contribution in [0, 0.1) is 11.3 Å². The number of carbonyl (C=O) groups excluding carboxylic acids is 1. The summed E-state index contributed by atoms with van der Waals surface area (Å²) < 4.78 is 10.7. The number of carbonyl (C=O) groups is 1. The van der Waals surface area contributed by atoms with E-state index < -0.39 is 0 Å². The van der Waals surface area contributed by atoms with Crippen molar-refractivity contribution in [3.63, 3.8) is 0 Å². The smallest absolute Gasteiger partial charge is 0.276 e. The predicted octanol–water partition coefficient (Wildman–Crippen LogP) is 2.07. The normalized spacial score (nSPS) is 13.3. The number of hydrogen-bond acceptors (Lipinski definition) is 6. The minimum absolute atomic E-state index is 0.151. The molecule has 1 saturated heterocycles. The van der Waals surface area contributed by atoms with Crippen LogP contribution in [0.3, 0.4) is 0 Å². The number of nitriles is 1. The highest BCUT2D eigenvalue weighted by molar-refractivity contribution is 5.78. The maximum atomic E-state index is 11.9. The van der Waals surface area contributed by atoms with Gasteiger partial charge in [0.1, 0.15) is 5.75 Å². The Morgan fingerprint density at radius 2 is 1.79 bits per heavy atom. The number of anilines is 1. The minimum atomic E-state index is -0.338. The van der Waals surface area contributed by atoms with Gasteiger partial charge in [0.05, 0.1) is 30.5 Å². The van der Waals surface area contributed by atoms with E-state index >= 15 is 0 Å². The molecule has 2 N–H and O–H groups in total. The van der Waals surface area contributed by atoms with Crippen LogP contribution >= 0.6 is 0 Å². The summed E-state index contributed by atoms with van der Waals surface area (Å²) in [5, 5.41) is 8.77. The molecule has 2 aromatic carbocycles. The zero-order chi connectivity index (χ0) is 19.8. The molecule has 0 atom stereocenters. The summed E-state index contributed by atoms with van der Waals surface area (Å²) in [5.41, 5.74) is 8.50. The van der Waals surface area contributed by atoms with E-state index in [4.69, 9.17) is 14.7 Å². The molecule has 1 heterocycles. The van der Waals surface area contributed by atoms with Crippen LogP contribution in [0.1, 0.15) is 11.1 Å². The molecule has 144 valence electrons. The van der Waals surface area contributed by atoms with Crippen molar-refractivity contribution in [1.82, 2.24) is 10.9 Å². The largest absolute Gasteiger partial charge is 0.484 e. The molecule has 0 aromatic heterocycles. The molecular formula is C21H22N4O3. The number of ether oxygens (including phenoxy) is 2. The monoisotopic (exact) mass is 378 g/mol. The maximum absolute atomic E-state index is 11.9. The van der Waals surface area contributed by atoms with Gasteiger partial charge in [0.15, 0.2) is 6.61 Å². The van der Waals surface area contributed by atoms with Crippen LogP contribution in [0.2, 0.25) is 0 Å². The molecule has 7 heteroatoms. The third kappa shape index (κ3) is 5.25. The Bertz CT molecular complexity index is 851. The van der Waals surface area contributed by atoms with Crippen molar-refractivity contribution in [2.24, 2.45) is 0 Å². The van der Waals surface area contributed by atoms with Gasteiger partial charge in [-0.05, 0) is 42.0 Å². The number of nitrogens with one attached hydrogen (secondary N) is 2.